The summed E-state index contributed by atoms with van der Waals surface area (Å²) in [7, 11) is -0.872. The molecular formula is C18H17BN2O4. The van der Waals surface area contributed by atoms with Crippen LogP contribution < -0.4 is 14.9 Å². The fourth-order valence-electron chi connectivity index (χ4n) is 3.21. The Hall–Kier alpha value is -2.56. The van der Waals surface area contributed by atoms with E-state index in [1.54, 1.807) is 24.3 Å². The lowest BCUT2D eigenvalue weighted by Crippen LogP contribution is -2.27. The summed E-state index contributed by atoms with van der Waals surface area (Å²) in [4.78, 5) is 4.36. The third-order valence-corrected chi connectivity index (χ3v) is 4.54. The molecule has 1 aromatic heterocycles. The van der Waals surface area contributed by atoms with Gasteiger partial charge in [0.25, 0.3) is 0 Å². The lowest BCUT2D eigenvalue weighted by Gasteiger charge is -2.14. The quantitative estimate of drug-likeness (QED) is 0.863. The van der Waals surface area contributed by atoms with Crippen molar-refractivity contribution < 1.29 is 19.2 Å². The molecule has 0 spiro atoms. The van der Waals surface area contributed by atoms with Crippen molar-refractivity contribution in [3.63, 3.8) is 0 Å². The fourth-order valence-corrected chi connectivity index (χ4v) is 3.21. The Morgan fingerprint density at radius 2 is 2.08 bits per heavy atom. The molecule has 2 aliphatic rings. The van der Waals surface area contributed by atoms with E-state index in [0.29, 0.717) is 29.7 Å². The van der Waals surface area contributed by atoms with Crippen LogP contribution in [0.4, 0.5) is 0 Å². The average molecular weight is 336 g/mol. The van der Waals surface area contributed by atoms with Gasteiger partial charge in [0.05, 0.1) is 6.61 Å². The minimum Gasteiger partial charge on any atom is -0.473 e. The van der Waals surface area contributed by atoms with E-state index in [-0.39, 0.29) is 6.10 Å². The van der Waals surface area contributed by atoms with Gasteiger partial charge in [-0.2, -0.15) is 10.2 Å². The first kappa shape index (κ1) is 15.9. The number of rotatable bonds is 4. The second-order valence-corrected chi connectivity index (χ2v) is 6.26. The van der Waals surface area contributed by atoms with Crippen LogP contribution >= 0.6 is 0 Å². The molecule has 0 amide bonds. The summed E-state index contributed by atoms with van der Waals surface area (Å²) in [5, 5.41) is 18.9. The van der Waals surface area contributed by atoms with Gasteiger partial charge in [0, 0.05) is 6.07 Å². The molecule has 0 atom stereocenters. The van der Waals surface area contributed by atoms with Crippen molar-refractivity contribution in [3.05, 3.63) is 41.5 Å². The van der Waals surface area contributed by atoms with Gasteiger partial charge >= 0.3 is 7.12 Å². The molecule has 0 radical (unpaired) electrons. The lowest BCUT2D eigenvalue weighted by atomic mass is 9.80. The summed E-state index contributed by atoms with van der Waals surface area (Å²) >= 11 is 0. The standard InChI is InChI=1S/C18H17BN2O4/c20-10-12-5-8-17(21-18(12)25-14-3-1-2-4-14)24-15-6-7-16-13(9-15)11-23-19(16)22/h5-9,14,22H,1-4,11H2. The van der Waals surface area contributed by atoms with Crippen LogP contribution in [0.15, 0.2) is 30.3 Å². The largest absolute Gasteiger partial charge is 0.491 e. The summed E-state index contributed by atoms with van der Waals surface area (Å²) in [5.74, 6) is 1.29. The summed E-state index contributed by atoms with van der Waals surface area (Å²) in [6, 6.07) is 10.8. The number of fused-ring (bicyclic) bond motifs is 1. The van der Waals surface area contributed by atoms with Crippen LogP contribution in [0.5, 0.6) is 17.5 Å². The van der Waals surface area contributed by atoms with Crippen molar-refractivity contribution >= 4 is 12.6 Å². The Morgan fingerprint density at radius 1 is 1.24 bits per heavy atom. The molecule has 0 saturated heterocycles. The number of hydrogen-bond donors (Lipinski definition) is 1. The monoisotopic (exact) mass is 336 g/mol. The zero-order valence-electron chi connectivity index (χ0n) is 13.6. The number of benzene rings is 1. The van der Waals surface area contributed by atoms with E-state index in [4.69, 9.17) is 14.1 Å². The van der Waals surface area contributed by atoms with Crippen LogP contribution in [0.1, 0.15) is 36.8 Å². The third-order valence-electron chi connectivity index (χ3n) is 4.54. The molecule has 1 N–H and O–H groups in total. The van der Waals surface area contributed by atoms with E-state index in [9.17, 15) is 10.3 Å². The smallest absolute Gasteiger partial charge is 0.473 e. The molecule has 6 nitrogen and oxygen atoms in total. The molecular weight excluding hydrogens is 319 g/mol. The molecule has 0 bridgehead atoms. The van der Waals surface area contributed by atoms with E-state index in [0.717, 1.165) is 36.7 Å². The van der Waals surface area contributed by atoms with Crippen molar-refractivity contribution in [2.75, 3.05) is 0 Å². The van der Waals surface area contributed by atoms with Gasteiger partial charge in [-0.3, -0.25) is 0 Å². The molecule has 1 saturated carbocycles. The van der Waals surface area contributed by atoms with Gasteiger partial charge in [0.1, 0.15) is 23.5 Å². The van der Waals surface area contributed by atoms with Crippen molar-refractivity contribution in [2.24, 2.45) is 0 Å². The molecule has 25 heavy (non-hydrogen) atoms. The van der Waals surface area contributed by atoms with Gasteiger partial charge in [-0.15, -0.1) is 0 Å². The first-order valence-electron chi connectivity index (χ1n) is 8.41. The Kier molecular flexibility index (Phi) is 4.30. The molecule has 7 heteroatoms. The van der Waals surface area contributed by atoms with Gasteiger partial charge in [0.2, 0.25) is 11.8 Å². The number of hydrogen-bond acceptors (Lipinski definition) is 6. The predicted molar refractivity (Wildman–Crippen MR) is 90.7 cm³/mol. The topological polar surface area (TPSA) is 84.6 Å². The zero-order valence-corrected chi connectivity index (χ0v) is 13.6. The summed E-state index contributed by atoms with van der Waals surface area (Å²) in [6.07, 6.45) is 4.39. The normalized spacial score (nSPS) is 16.6. The van der Waals surface area contributed by atoms with Crippen LogP contribution in [-0.4, -0.2) is 23.2 Å². The van der Waals surface area contributed by atoms with Crippen LogP contribution in [0, 0.1) is 11.3 Å². The second kappa shape index (κ2) is 6.75. The highest BCUT2D eigenvalue weighted by Gasteiger charge is 2.27. The van der Waals surface area contributed by atoms with Crippen molar-refractivity contribution in [1.29, 1.82) is 5.26 Å². The summed E-state index contributed by atoms with van der Waals surface area (Å²) < 4.78 is 16.9. The molecule has 1 aromatic carbocycles. The first-order valence-corrected chi connectivity index (χ1v) is 8.41. The highest BCUT2D eigenvalue weighted by molar-refractivity contribution is 6.61. The van der Waals surface area contributed by atoms with Gasteiger partial charge in [-0.1, -0.05) is 6.07 Å². The van der Waals surface area contributed by atoms with Gasteiger partial charge in [0.15, 0.2) is 0 Å². The van der Waals surface area contributed by atoms with Crippen molar-refractivity contribution in [2.45, 2.75) is 38.4 Å². The van der Waals surface area contributed by atoms with Crippen LogP contribution in [0.3, 0.4) is 0 Å². The predicted octanol–water partition coefficient (Wildman–Crippen LogP) is 2.28. The Bertz CT molecular complexity index is 830. The molecule has 126 valence electrons. The van der Waals surface area contributed by atoms with Gasteiger partial charge < -0.3 is 19.2 Å². The fraction of sp³-hybridized carbons (Fsp3) is 0.333. The minimum atomic E-state index is -0.872. The maximum atomic E-state index is 9.67. The zero-order chi connectivity index (χ0) is 17.2. The Labute approximate surface area is 146 Å². The van der Waals surface area contributed by atoms with Crippen LogP contribution in [0.25, 0.3) is 0 Å². The first-order chi connectivity index (χ1) is 12.2. The summed E-state index contributed by atoms with van der Waals surface area (Å²) in [5.41, 5.74) is 2.05. The highest BCUT2D eigenvalue weighted by atomic mass is 16.5. The maximum absolute atomic E-state index is 9.67. The van der Waals surface area contributed by atoms with Crippen LogP contribution in [0.2, 0.25) is 0 Å². The Balaban J connectivity index is 1.55. The van der Waals surface area contributed by atoms with Crippen LogP contribution in [-0.2, 0) is 11.3 Å². The third kappa shape index (κ3) is 3.32. The molecule has 2 heterocycles. The maximum Gasteiger partial charge on any atom is 0.491 e. The highest BCUT2D eigenvalue weighted by Crippen LogP contribution is 2.29. The molecule has 2 aromatic rings. The summed E-state index contributed by atoms with van der Waals surface area (Å²) in [6.45, 7) is 0.352. The van der Waals surface area contributed by atoms with Crippen molar-refractivity contribution in [3.8, 4) is 23.6 Å². The average Bonchev–Trinajstić information content (AvgIpc) is 3.25. The molecule has 0 unspecified atom stereocenters. The molecule has 1 fully saturated rings. The molecule has 4 rings (SSSR count). The molecule has 1 aliphatic carbocycles. The van der Waals surface area contributed by atoms with Gasteiger partial charge in [-0.25, -0.2) is 0 Å². The van der Waals surface area contributed by atoms with Crippen molar-refractivity contribution in [1.82, 2.24) is 4.98 Å². The van der Waals surface area contributed by atoms with E-state index in [2.05, 4.69) is 11.1 Å². The number of nitrogens with zero attached hydrogens (tertiary/aromatic N) is 2. The lowest BCUT2D eigenvalue weighted by molar-refractivity contribution is 0.199. The van der Waals surface area contributed by atoms with E-state index in [1.165, 1.54) is 0 Å². The minimum absolute atomic E-state index is 0.119. The number of pyridine rings is 1. The number of nitriles is 1. The number of ether oxygens (including phenoxy) is 2. The number of aromatic nitrogens is 1. The Morgan fingerprint density at radius 3 is 2.88 bits per heavy atom. The van der Waals surface area contributed by atoms with Gasteiger partial charge in [-0.05, 0) is 54.9 Å². The molecule has 1 aliphatic heterocycles. The van der Waals surface area contributed by atoms with E-state index >= 15 is 0 Å². The SMILES string of the molecule is N#Cc1ccc(Oc2ccc3c(c2)COB3O)nc1OC1CCCC1. The van der Waals surface area contributed by atoms with E-state index in [1.807, 2.05) is 6.07 Å². The second-order valence-electron chi connectivity index (χ2n) is 6.26. The van der Waals surface area contributed by atoms with E-state index < -0.39 is 7.12 Å².